The molecule has 164 valence electrons. The predicted molar refractivity (Wildman–Crippen MR) is 127 cm³/mol. The van der Waals surface area contributed by atoms with Crippen molar-refractivity contribution in [2.24, 2.45) is 0 Å². The Balaban J connectivity index is 1.22. The lowest BCUT2D eigenvalue weighted by Gasteiger charge is -2.34. The molecule has 4 aromatic rings. The average Bonchev–Trinajstić information content (AvgIpc) is 3.42. The Kier molecular flexibility index (Phi) is 5.92. The molecule has 1 fully saturated rings. The minimum atomic E-state index is 0.184. The van der Waals surface area contributed by atoms with Crippen LogP contribution in [0.25, 0.3) is 16.2 Å². The third-order valence-electron chi connectivity index (χ3n) is 5.98. The van der Waals surface area contributed by atoms with E-state index in [4.69, 9.17) is 9.72 Å². The van der Waals surface area contributed by atoms with Gasteiger partial charge in [-0.25, -0.2) is 4.98 Å². The summed E-state index contributed by atoms with van der Waals surface area (Å²) in [6.07, 6.45) is 2.42. The molecule has 0 aliphatic carbocycles. The molecule has 0 atom stereocenters. The number of methoxy groups -OCH3 is 1. The SMILES string of the molecule is COc1ccc(-c2cn3c(CC(=O)N4CCN(Cc5ccccc5)CC4)csc3n2)cc1. The van der Waals surface area contributed by atoms with Crippen molar-refractivity contribution in [1.82, 2.24) is 19.2 Å². The van der Waals surface area contributed by atoms with Gasteiger partial charge >= 0.3 is 0 Å². The topological polar surface area (TPSA) is 50.1 Å². The number of aromatic nitrogens is 2. The third-order valence-corrected chi connectivity index (χ3v) is 6.86. The first-order valence-electron chi connectivity index (χ1n) is 10.8. The quantitative estimate of drug-likeness (QED) is 0.450. The van der Waals surface area contributed by atoms with Gasteiger partial charge in [0.2, 0.25) is 5.91 Å². The predicted octanol–water partition coefficient (Wildman–Crippen LogP) is 3.96. The van der Waals surface area contributed by atoms with E-state index in [2.05, 4.69) is 29.2 Å². The van der Waals surface area contributed by atoms with E-state index in [-0.39, 0.29) is 5.91 Å². The molecular formula is C25H26N4O2S. The Bertz CT molecular complexity index is 1190. The number of carbonyl (C=O) groups is 1. The summed E-state index contributed by atoms with van der Waals surface area (Å²) < 4.78 is 7.29. The number of fused-ring (bicyclic) bond motifs is 1. The molecule has 0 spiro atoms. The maximum Gasteiger partial charge on any atom is 0.228 e. The van der Waals surface area contributed by atoms with E-state index in [1.54, 1.807) is 18.4 Å². The summed E-state index contributed by atoms with van der Waals surface area (Å²) in [6, 6.07) is 18.4. The maximum absolute atomic E-state index is 13.0. The molecule has 0 saturated carbocycles. The van der Waals surface area contributed by atoms with Gasteiger partial charge in [-0.15, -0.1) is 11.3 Å². The van der Waals surface area contributed by atoms with E-state index < -0.39 is 0 Å². The zero-order valence-electron chi connectivity index (χ0n) is 18.1. The van der Waals surface area contributed by atoms with Gasteiger partial charge in [-0.3, -0.25) is 14.1 Å². The molecule has 3 heterocycles. The Hall–Kier alpha value is -3.16. The van der Waals surface area contributed by atoms with E-state index in [1.165, 1.54) is 5.56 Å². The highest BCUT2D eigenvalue weighted by Gasteiger charge is 2.22. The van der Waals surface area contributed by atoms with Gasteiger partial charge in [-0.1, -0.05) is 30.3 Å². The average molecular weight is 447 g/mol. The number of imidazole rings is 1. The monoisotopic (exact) mass is 446 g/mol. The van der Waals surface area contributed by atoms with E-state index in [0.717, 1.165) is 60.4 Å². The summed E-state index contributed by atoms with van der Waals surface area (Å²) in [5.41, 5.74) is 4.26. The van der Waals surface area contributed by atoms with Crippen molar-refractivity contribution in [3.05, 3.63) is 77.4 Å². The summed E-state index contributed by atoms with van der Waals surface area (Å²) in [4.78, 5) is 23.0. The molecule has 1 aliphatic heterocycles. The van der Waals surface area contributed by atoms with E-state index >= 15 is 0 Å². The number of carbonyl (C=O) groups excluding carboxylic acids is 1. The van der Waals surface area contributed by atoms with Crippen LogP contribution in [0.4, 0.5) is 0 Å². The fraction of sp³-hybridized carbons (Fsp3) is 0.280. The van der Waals surface area contributed by atoms with Crippen molar-refractivity contribution in [3.8, 4) is 17.0 Å². The van der Waals surface area contributed by atoms with E-state index in [9.17, 15) is 4.79 Å². The van der Waals surface area contributed by atoms with Crippen molar-refractivity contribution < 1.29 is 9.53 Å². The van der Waals surface area contributed by atoms with Crippen LogP contribution in [0.5, 0.6) is 5.75 Å². The van der Waals surface area contributed by atoms with Crippen LogP contribution in [0.3, 0.4) is 0 Å². The molecule has 0 N–H and O–H groups in total. The molecule has 7 heteroatoms. The number of piperazine rings is 1. The van der Waals surface area contributed by atoms with E-state index in [0.29, 0.717) is 6.42 Å². The fourth-order valence-electron chi connectivity index (χ4n) is 4.12. The molecule has 0 radical (unpaired) electrons. The van der Waals surface area contributed by atoms with Crippen LogP contribution in [0, 0.1) is 0 Å². The molecular weight excluding hydrogens is 420 g/mol. The van der Waals surface area contributed by atoms with Crippen LogP contribution >= 0.6 is 11.3 Å². The summed E-state index contributed by atoms with van der Waals surface area (Å²) >= 11 is 1.58. The normalized spacial score (nSPS) is 14.7. The van der Waals surface area contributed by atoms with Gasteiger partial charge in [0, 0.05) is 55.6 Å². The number of benzene rings is 2. The Morgan fingerprint density at radius 3 is 2.50 bits per heavy atom. The zero-order chi connectivity index (χ0) is 21.9. The van der Waals surface area contributed by atoms with Gasteiger partial charge in [0.1, 0.15) is 5.75 Å². The number of ether oxygens (including phenoxy) is 1. The van der Waals surface area contributed by atoms with Crippen molar-refractivity contribution in [3.63, 3.8) is 0 Å². The summed E-state index contributed by atoms with van der Waals surface area (Å²) in [7, 11) is 1.66. The number of hydrogen-bond acceptors (Lipinski definition) is 5. The lowest BCUT2D eigenvalue weighted by atomic mass is 10.1. The van der Waals surface area contributed by atoms with Crippen molar-refractivity contribution in [2.45, 2.75) is 13.0 Å². The smallest absolute Gasteiger partial charge is 0.228 e. The number of rotatable bonds is 6. The minimum absolute atomic E-state index is 0.184. The molecule has 2 aromatic carbocycles. The lowest BCUT2D eigenvalue weighted by molar-refractivity contribution is -0.132. The Morgan fingerprint density at radius 1 is 1.03 bits per heavy atom. The number of nitrogens with zero attached hydrogens (tertiary/aromatic N) is 4. The molecule has 5 rings (SSSR count). The highest BCUT2D eigenvalue weighted by atomic mass is 32.1. The van der Waals surface area contributed by atoms with Gasteiger partial charge < -0.3 is 9.64 Å². The number of hydrogen-bond donors (Lipinski definition) is 0. The first kappa shape index (κ1) is 20.7. The first-order valence-corrected chi connectivity index (χ1v) is 11.7. The second-order valence-electron chi connectivity index (χ2n) is 8.05. The van der Waals surface area contributed by atoms with Crippen molar-refractivity contribution >= 4 is 22.2 Å². The standard InChI is InChI=1S/C25H26N4O2S/c1-31-22-9-7-20(8-10-22)23-17-29-21(18-32-25(29)26-23)15-24(30)28-13-11-27(12-14-28)16-19-5-3-2-4-6-19/h2-10,17-18H,11-16H2,1H3. The zero-order valence-corrected chi connectivity index (χ0v) is 18.9. The van der Waals surface area contributed by atoms with Gasteiger partial charge in [0.25, 0.3) is 0 Å². The van der Waals surface area contributed by atoms with Crippen LogP contribution in [-0.2, 0) is 17.8 Å². The van der Waals surface area contributed by atoms with E-state index in [1.807, 2.05) is 51.2 Å². The van der Waals surface area contributed by atoms with Crippen LogP contribution < -0.4 is 4.74 Å². The first-order chi connectivity index (χ1) is 15.7. The van der Waals surface area contributed by atoms with Crippen molar-refractivity contribution in [1.29, 1.82) is 0 Å². The van der Waals surface area contributed by atoms with Crippen LogP contribution in [0.15, 0.2) is 66.2 Å². The largest absolute Gasteiger partial charge is 0.497 e. The number of amides is 1. The molecule has 1 saturated heterocycles. The highest BCUT2D eigenvalue weighted by Crippen LogP contribution is 2.26. The van der Waals surface area contributed by atoms with Crippen LogP contribution in [0.2, 0.25) is 0 Å². The molecule has 1 aliphatic rings. The fourth-order valence-corrected chi connectivity index (χ4v) is 4.99. The third kappa shape index (κ3) is 4.40. The molecule has 0 bridgehead atoms. The van der Waals surface area contributed by atoms with Gasteiger partial charge in [-0.05, 0) is 29.8 Å². The van der Waals surface area contributed by atoms with Crippen LogP contribution in [-0.4, -0.2) is 58.4 Å². The second-order valence-corrected chi connectivity index (χ2v) is 8.89. The second kappa shape index (κ2) is 9.14. The van der Waals surface area contributed by atoms with Gasteiger partial charge in [-0.2, -0.15) is 0 Å². The lowest BCUT2D eigenvalue weighted by Crippen LogP contribution is -2.48. The molecule has 0 unspecified atom stereocenters. The van der Waals surface area contributed by atoms with Gasteiger partial charge in [0.05, 0.1) is 19.2 Å². The number of thiazole rings is 1. The molecule has 1 amide bonds. The van der Waals surface area contributed by atoms with Crippen molar-refractivity contribution in [2.75, 3.05) is 33.3 Å². The summed E-state index contributed by atoms with van der Waals surface area (Å²) in [6.45, 7) is 4.32. The Labute approximate surface area is 191 Å². The Morgan fingerprint density at radius 2 is 1.78 bits per heavy atom. The molecule has 2 aromatic heterocycles. The molecule has 32 heavy (non-hydrogen) atoms. The van der Waals surface area contributed by atoms with Crippen LogP contribution in [0.1, 0.15) is 11.3 Å². The minimum Gasteiger partial charge on any atom is -0.497 e. The highest BCUT2D eigenvalue weighted by molar-refractivity contribution is 7.15. The summed E-state index contributed by atoms with van der Waals surface area (Å²) in [5, 5.41) is 2.05. The summed E-state index contributed by atoms with van der Waals surface area (Å²) in [5.74, 6) is 1.01. The maximum atomic E-state index is 13.0. The molecule has 6 nitrogen and oxygen atoms in total. The van der Waals surface area contributed by atoms with Gasteiger partial charge in [0.15, 0.2) is 4.96 Å².